The Morgan fingerprint density at radius 2 is 1.76 bits per heavy atom. The van der Waals surface area contributed by atoms with E-state index in [1.54, 1.807) is 12.1 Å². The Morgan fingerprint density at radius 1 is 1.00 bits per heavy atom. The fourth-order valence-corrected chi connectivity index (χ4v) is 1.80. The van der Waals surface area contributed by atoms with E-state index in [2.05, 4.69) is 0 Å². The van der Waals surface area contributed by atoms with E-state index in [0.29, 0.717) is 5.56 Å². The first-order valence-electron chi connectivity index (χ1n) is 5.58. The molecule has 0 spiro atoms. The third-order valence-electron chi connectivity index (χ3n) is 3.03. The Bertz CT molecular complexity index is 547. The van der Waals surface area contributed by atoms with Gasteiger partial charge in [0.05, 0.1) is 6.61 Å². The predicted octanol–water partition coefficient (Wildman–Crippen LogP) is 3.60. The molecule has 1 N–H and O–H groups in total. The van der Waals surface area contributed by atoms with Crippen LogP contribution < -0.4 is 0 Å². The number of aliphatic hydroxyl groups excluding tert-OH is 1. The van der Waals surface area contributed by atoms with Crippen molar-refractivity contribution in [1.29, 1.82) is 0 Å². The van der Waals surface area contributed by atoms with E-state index in [-0.39, 0.29) is 12.4 Å². The summed E-state index contributed by atoms with van der Waals surface area (Å²) in [6, 6.07) is 10.5. The summed E-state index contributed by atoms with van der Waals surface area (Å²) >= 11 is 0. The van der Waals surface area contributed by atoms with Crippen molar-refractivity contribution in [2.24, 2.45) is 0 Å². The summed E-state index contributed by atoms with van der Waals surface area (Å²) in [7, 11) is 0. The van der Waals surface area contributed by atoms with Gasteiger partial charge < -0.3 is 5.11 Å². The average molecular weight is 230 g/mol. The molecule has 0 aliphatic rings. The van der Waals surface area contributed by atoms with Gasteiger partial charge in [0.25, 0.3) is 0 Å². The third-order valence-corrected chi connectivity index (χ3v) is 3.03. The molecular weight excluding hydrogens is 215 g/mol. The molecule has 0 amide bonds. The lowest BCUT2D eigenvalue weighted by atomic mass is 9.99. The van der Waals surface area contributed by atoms with Crippen LogP contribution in [-0.2, 0) is 6.61 Å². The zero-order chi connectivity index (χ0) is 12.4. The minimum atomic E-state index is -0.259. The highest BCUT2D eigenvalue weighted by atomic mass is 19.1. The normalized spacial score (nSPS) is 10.6. The first-order chi connectivity index (χ1) is 8.11. The molecule has 0 fully saturated rings. The minimum absolute atomic E-state index is 0.0713. The van der Waals surface area contributed by atoms with Crippen molar-refractivity contribution < 1.29 is 9.50 Å². The molecule has 0 heterocycles. The van der Waals surface area contributed by atoms with Crippen LogP contribution in [0.25, 0.3) is 11.1 Å². The lowest BCUT2D eigenvalue weighted by Crippen LogP contribution is -1.90. The van der Waals surface area contributed by atoms with Crippen LogP contribution in [0.3, 0.4) is 0 Å². The van der Waals surface area contributed by atoms with Gasteiger partial charge in [-0.05, 0) is 48.2 Å². The Morgan fingerprint density at radius 3 is 2.41 bits per heavy atom. The van der Waals surface area contributed by atoms with Crippen molar-refractivity contribution in [2.75, 3.05) is 0 Å². The third kappa shape index (κ3) is 2.37. The van der Waals surface area contributed by atoms with Crippen LogP contribution in [0.1, 0.15) is 16.7 Å². The molecule has 0 atom stereocenters. The topological polar surface area (TPSA) is 20.2 Å². The fourth-order valence-electron chi connectivity index (χ4n) is 1.80. The highest BCUT2D eigenvalue weighted by Gasteiger charge is 2.07. The summed E-state index contributed by atoms with van der Waals surface area (Å²) in [4.78, 5) is 0. The van der Waals surface area contributed by atoms with Crippen LogP contribution in [0.15, 0.2) is 36.4 Å². The van der Waals surface area contributed by atoms with Gasteiger partial charge in [-0.3, -0.25) is 0 Å². The van der Waals surface area contributed by atoms with Crippen molar-refractivity contribution in [1.82, 2.24) is 0 Å². The number of rotatable bonds is 2. The predicted molar refractivity (Wildman–Crippen MR) is 67.2 cm³/mol. The molecule has 0 aliphatic heterocycles. The zero-order valence-corrected chi connectivity index (χ0v) is 10.00. The van der Waals surface area contributed by atoms with Gasteiger partial charge in [0.15, 0.2) is 0 Å². The van der Waals surface area contributed by atoms with Crippen LogP contribution >= 0.6 is 0 Å². The highest BCUT2D eigenvalue weighted by molar-refractivity contribution is 5.66. The van der Waals surface area contributed by atoms with E-state index in [0.717, 1.165) is 16.7 Å². The standard InChI is InChI=1S/C15H15FO/c1-10-3-5-13(7-11(10)2)14-8-12(9-17)4-6-15(14)16/h3-8,17H,9H2,1-2H3. The van der Waals surface area contributed by atoms with E-state index in [1.807, 2.05) is 32.0 Å². The van der Waals surface area contributed by atoms with Crippen molar-refractivity contribution in [2.45, 2.75) is 20.5 Å². The van der Waals surface area contributed by atoms with Crippen LogP contribution in [0.4, 0.5) is 4.39 Å². The highest BCUT2D eigenvalue weighted by Crippen LogP contribution is 2.26. The molecule has 0 bridgehead atoms. The van der Waals surface area contributed by atoms with Crippen LogP contribution in [0, 0.1) is 19.7 Å². The summed E-state index contributed by atoms with van der Waals surface area (Å²) in [5.41, 5.74) is 4.43. The summed E-state index contributed by atoms with van der Waals surface area (Å²) in [6.45, 7) is 3.96. The molecule has 0 saturated carbocycles. The molecule has 0 saturated heterocycles. The largest absolute Gasteiger partial charge is 0.392 e. The lowest BCUT2D eigenvalue weighted by Gasteiger charge is -2.08. The molecule has 0 aliphatic carbocycles. The van der Waals surface area contributed by atoms with Crippen molar-refractivity contribution >= 4 is 0 Å². The van der Waals surface area contributed by atoms with E-state index in [9.17, 15) is 4.39 Å². The summed E-state index contributed by atoms with van der Waals surface area (Å²) in [6.07, 6.45) is 0. The van der Waals surface area contributed by atoms with Gasteiger partial charge in [0.1, 0.15) is 5.82 Å². The number of aliphatic hydroxyl groups is 1. The van der Waals surface area contributed by atoms with Crippen LogP contribution in [0.2, 0.25) is 0 Å². The first kappa shape index (κ1) is 11.8. The molecule has 2 aromatic carbocycles. The van der Waals surface area contributed by atoms with Crippen LogP contribution in [-0.4, -0.2) is 5.11 Å². The smallest absolute Gasteiger partial charge is 0.131 e. The quantitative estimate of drug-likeness (QED) is 0.835. The van der Waals surface area contributed by atoms with Gasteiger partial charge in [0, 0.05) is 5.56 Å². The molecule has 0 unspecified atom stereocenters. The number of benzene rings is 2. The molecular formula is C15H15FO. The van der Waals surface area contributed by atoms with Crippen molar-refractivity contribution in [3.8, 4) is 11.1 Å². The van der Waals surface area contributed by atoms with Crippen molar-refractivity contribution in [3.05, 3.63) is 58.9 Å². The van der Waals surface area contributed by atoms with Gasteiger partial charge in [0.2, 0.25) is 0 Å². The van der Waals surface area contributed by atoms with Gasteiger partial charge >= 0.3 is 0 Å². The lowest BCUT2D eigenvalue weighted by molar-refractivity contribution is 0.282. The first-order valence-corrected chi connectivity index (χ1v) is 5.58. The Hall–Kier alpha value is -1.67. The number of hydrogen-bond donors (Lipinski definition) is 1. The Labute approximate surface area is 101 Å². The number of aryl methyl sites for hydroxylation is 2. The van der Waals surface area contributed by atoms with E-state index >= 15 is 0 Å². The monoisotopic (exact) mass is 230 g/mol. The van der Waals surface area contributed by atoms with Gasteiger partial charge in [-0.15, -0.1) is 0 Å². The SMILES string of the molecule is Cc1ccc(-c2cc(CO)ccc2F)cc1C. The van der Waals surface area contributed by atoms with Gasteiger partial charge in [-0.25, -0.2) is 4.39 Å². The van der Waals surface area contributed by atoms with Crippen LogP contribution in [0.5, 0.6) is 0 Å². The van der Waals surface area contributed by atoms with E-state index in [1.165, 1.54) is 11.6 Å². The molecule has 17 heavy (non-hydrogen) atoms. The molecule has 0 aromatic heterocycles. The number of halogens is 1. The molecule has 2 aromatic rings. The zero-order valence-electron chi connectivity index (χ0n) is 10.00. The van der Waals surface area contributed by atoms with Gasteiger partial charge in [-0.2, -0.15) is 0 Å². The Kier molecular flexibility index (Phi) is 3.25. The maximum atomic E-state index is 13.7. The molecule has 88 valence electrons. The molecule has 1 nitrogen and oxygen atoms in total. The summed E-state index contributed by atoms with van der Waals surface area (Å²) in [5, 5.41) is 9.08. The Balaban J connectivity index is 2.55. The second kappa shape index (κ2) is 4.68. The maximum absolute atomic E-state index is 13.7. The van der Waals surface area contributed by atoms with Crippen molar-refractivity contribution in [3.63, 3.8) is 0 Å². The van der Waals surface area contributed by atoms with E-state index < -0.39 is 0 Å². The maximum Gasteiger partial charge on any atom is 0.131 e. The second-order valence-corrected chi connectivity index (χ2v) is 4.27. The second-order valence-electron chi connectivity index (χ2n) is 4.27. The molecule has 2 rings (SSSR count). The molecule has 2 heteroatoms. The summed E-state index contributed by atoms with van der Waals surface area (Å²) < 4.78 is 13.7. The number of hydrogen-bond acceptors (Lipinski definition) is 1. The average Bonchev–Trinajstić information content (AvgIpc) is 2.33. The fraction of sp³-hybridized carbons (Fsp3) is 0.200. The van der Waals surface area contributed by atoms with Gasteiger partial charge in [-0.1, -0.05) is 24.3 Å². The van der Waals surface area contributed by atoms with E-state index in [4.69, 9.17) is 5.11 Å². The minimum Gasteiger partial charge on any atom is -0.392 e. The molecule has 0 radical (unpaired) electrons. The summed E-state index contributed by atoms with van der Waals surface area (Å²) in [5.74, 6) is -0.259.